The first-order valence-corrected chi connectivity index (χ1v) is 8.33. The van der Waals surface area contributed by atoms with Crippen molar-refractivity contribution in [2.45, 2.75) is 63.1 Å². The molecule has 1 aromatic heterocycles. The molecule has 1 saturated heterocycles. The lowest BCUT2D eigenvalue weighted by Gasteiger charge is -2.40. The van der Waals surface area contributed by atoms with Gasteiger partial charge in [-0.05, 0) is 26.2 Å². The van der Waals surface area contributed by atoms with Gasteiger partial charge in [-0.2, -0.15) is 18.3 Å². The molecule has 1 aromatic rings. The summed E-state index contributed by atoms with van der Waals surface area (Å²) in [6.45, 7) is 2.54. The van der Waals surface area contributed by atoms with E-state index >= 15 is 0 Å². The zero-order chi connectivity index (χ0) is 17.4. The van der Waals surface area contributed by atoms with Crippen LogP contribution in [0.15, 0.2) is 0 Å². The number of H-pyrrole nitrogens is 1. The molecule has 1 unspecified atom stereocenters. The Labute approximate surface area is 138 Å². The molecule has 1 aliphatic carbocycles. The predicted octanol–water partition coefficient (Wildman–Crippen LogP) is 2.88. The second-order valence-corrected chi connectivity index (χ2v) is 6.78. The number of nitrogens with one attached hydrogen (secondary N) is 2. The molecule has 2 amide bonds. The van der Waals surface area contributed by atoms with E-state index in [2.05, 4.69) is 20.5 Å². The molecule has 0 aromatic carbocycles. The molecule has 1 aliphatic heterocycles. The van der Waals surface area contributed by atoms with Crippen molar-refractivity contribution in [1.29, 1.82) is 0 Å². The highest BCUT2D eigenvalue weighted by Crippen LogP contribution is 2.41. The molecule has 6 nitrogen and oxygen atoms in total. The van der Waals surface area contributed by atoms with Crippen molar-refractivity contribution >= 4 is 6.03 Å². The van der Waals surface area contributed by atoms with Crippen molar-refractivity contribution in [3.63, 3.8) is 0 Å². The van der Waals surface area contributed by atoms with Crippen LogP contribution in [0.2, 0.25) is 0 Å². The smallest absolute Gasteiger partial charge is 0.324 e. The van der Waals surface area contributed by atoms with Gasteiger partial charge in [-0.15, -0.1) is 0 Å². The summed E-state index contributed by atoms with van der Waals surface area (Å²) < 4.78 is 40.6. The second kappa shape index (κ2) is 6.25. The van der Waals surface area contributed by atoms with Gasteiger partial charge in [0.15, 0.2) is 5.82 Å². The van der Waals surface area contributed by atoms with Crippen LogP contribution in [0.5, 0.6) is 0 Å². The number of nitrogens with zero attached hydrogens (tertiary/aromatic N) is 3. The van der Waals surface area contributed by atoms with E-state index in [0.717, 1.165) is 6.42 Å². The summed E-state index contributed by atoms with van der Waals surface area (Å²) >= 11 is 0. The zero-order valence-electron chi connectivity index (χ0n) is 13.6. The third-order valence-corrected chi connectivity index (χ3v) is 5.05. The third-order valence-electron chi connectivity index (χ3n) is 5.05. The molecule has 0 radical (unpaired) electrons. The van der Waals surface area contributed by atoms with E-state index in [4.69, 9.17) is 0 Å². The minimum atomic E-state index is -4.43. The summed E-state index contributed by atoms with van der Waals surface area (Å²) in [4.78, 5) is 18.1. The lowest BCUT2D eigenvalue weighted by Crippen LogP contribution is -2.61. The minimum absolute atomic E-state index is 0.0334. The monoisotopic (exact) mass is 345 g/mol. The molecule has 9 heteroatoms. The van der Waals surface area contributed by atoms with Crippen LogP contribution in [-0.4, -0.2) is 50.9 Å². The Morgan fingerprint density at radius 2 is 2.04 bits per heavy atom. The normalized spacial score (nSPS) is 24.2. The molecular formula is C15H22F3N5O. The van der Waals surface area contributed by atoms with Crippen LogP contribution in [0.1, 0.15) is 56.1 Å². The Kier molecular flexibility index (Phi) is 4.44. The van der Waals surface area contributed by atoms with E-state index in [0.29, 0.717) is 44.0 Å². The number of hydrogen-bond acceptors (Lipinski definition) is 3. The predicted molar refractivity (Wildman–Crippen MR) is 80.5 cm³/mol. The van der Waals surface area contributed by atoms with Crippen LogP contribution in [-0.2, 0) is 0 Å². The van der Waals surface area contributed by atoms with Crippen LogP contribution in [0.4, 0.5) is 18.0 Å². The number of carbonyl (C=O) groups excluding carboxylic acids is 1. The molecule has 0 spiro atoms. The van der Waals surface area contributed by atoms with Gasteiger partial charge in [0, 0.05) is 19.0 Å². The number of aryl methyl sites for hydroxylation is 1. The summed E-state index contributed by atoms with van der Waals surface area (Å²) in [7, 11) is 0. The Morgan fingerprint density at radius 1 is 1.33 bits per heavy atom. The summed E-state index contributed by atoms with van der Waals surface area (Å²) in [6.07, 6.45) is -2.10. The van der Waals surface area contributed by atoms with Crippen LogP contribution in [0.25, 0.3) is 0 Å². The highest BCUT2D eigenvalue weighted by Gasteiger charge is 2.56. The van der Waals surface area contributed by atoms with Gasteiger partial charge in [0.2, 0.25) is 0 Å². The largest absolute Gasteiger partial charge is 0.411 e. The molecule has 2 aliphatic rings. The van der Waals surface area contributed by atoms with E-state index in [1.807, 2.05) is 0 Å². The van der Waals surface area contributed by atoms with Gasteiger partial charge < -0.3 is 10.2 Å². The van der Waals surface area contributed by atoms with E-state index in [1.165, 1.54) is 4.90 Å². The Balaban J connectivity index is 1.66. The number of carbonyl (C=O) groups is 1. The maximum absolute atomic E-state index is 13.5. The molecule has 1 saturated carbocycles. The number of aromatic amines is 1. The van der Waals surface area contributed by atoms with Crippen molar-refractivity contribution in [2.24, 2.45) is 0 Å². The first-order valence-electron chi connectivity index (χ1n) is 8.33. The third kappa shape index (κ3) is 3.21. The SMILES string of the molecule is Cc1nc(C2CCN(C(=O)NC3(C(F)(F)F)CCCCC3)C2)n[nH]1. The standard InChI is InChI=1S/C15H22F3N5O/c1-10-19-12(22-21-10)11-5-8-23(9-11)13(24)20-14(15(16,17)18)6-3-2-4-7-14/h11H,2-9H2,1H3,(H,20,24)(H,19,21,22). The highest BCUT2D eigenvalue weighted by molar-refractivity contribution is 5.75. The number of alkyl halides is 3. The lowest BCUT2D eigenvalue weighted by atomic mass is 9.81. The van der Waals surface area contributed by atoms with Crippen molar-refractivity contribution in [3.05, 3.63) is 11.6 Å². The van der Waals surface area contributed by atoms with Crippen LogP contribution in [0, 0.1) is 6.92 Å². The summed E-state index contributed by atoms with van der Waals surface area (Å²) in [5.74, 6) is 1.27. The quantitative estimate of drug-likeness (QED) is 0.865. The molecule has 2 fully saturated rings. The van der Waals surface area contributed by atoms with Gasteiger partial charge in [0.05, 0.1) is 0 Å². The molecule has 0 bridgehead atoms. The van der Waals surface area contributed by atoms with Crippen LogP contribution < -0.4 is 5.32 Å². The molecule has 3 rings (SSSR count). The summed E-state index contributed by atoms with van der Waals surface area (Å²) in [5.41, 5.74) is -2.08. The van der Waals surface area contributed by atoms with E-state index in [-0.39, 0.29) is 18.8 Å². The molecule has 24 heavy (non-hydrogen) atoms. The number of hydrogen-bond donors (Lipinski definition) is 2. The number of likely N-dealkylation sites (tertiary alicyclic amines) is 1. The molecule has 134 valence electrons. The minimum Gasteiger partial charge on any atom is -0.324 e. The van der Waals surface area contributed by atoms with Crippen LogP contribution >= 0.6 is 0 Å². The Hall–Kier alpha value is -1.80. The number of amides is 2. The van der Waals surface area contributed by atoms with Gasteiger partial charge in [-0.3, -0.25) is 5.10 Å². The average molecular weight is 345 g/mol. The Morgan fingerprint density at radius 3 is 2.62 bits per heavy atom. The first-order chi connectivity index (χ1) is 11.3. The van der Waals surface area contributed by atoms with E-state index in [9.17, 15) is 18.0 Å². The van der Waals surface area contributed by atoms with Crippen molar-refractivity contribution < 1.29 is 18.0 Å². The number of urea groups is 1. The number of rotatable bonds is 2. The Bertz CT molecular complexity index is 594. The average Bonchev–Trinajstić information content (AvgIpc) is 3.15. The fraction of sp³-hybridized carbons (Fsp3) is 0.800. The fourth-order valence-corrected chi connectivity index (χ4v) is 3.62. The second-order valence-electron chi connectivity index (χ2n) is 6.78. The molecule has 2 N–H and O–H groups in total. The van der Waals surface area contributed by atoms with Gasteiger partial charge >= 0.3 is 12.2 Å². The summed E-state index contributed by atoms with van der Waals surface area (Å²) in [6, 6.07) is -0.635. The van der Waals surface area contributed by atoms with E-state index in [1.54, 1.807) is 6.92 Å². The van der Waals surface area contributed by atoms with Gasteiger partial charge in [-0.1, -0.05) is 19.3 Å². The zero-order valence-corrected chi connectivity index (χ0v) is 13.6. The molecule has 2 heterocycles. The number of halogens is 3. The molecular weight excluding hydrogens is 323 g/mol. The van der Waals surface area contributed by atoms with E-state index < -0.39 is 17.7 Å². The topological polar surface area (TPSA) is 73.9 Å². The lowest BCUT2D eigenvalue weighted by molar-refractivity contribution is -0.202. The summed E-state index contributed by atoms with van der Waals surface area (Å²) in [5, 5.41) is 9.14. The fourth-order valence-electron chi connectivity index (χ4n) is 3.62. The van der Waals surface area contributed by atoms with Crippen LogP contribution in [0.3, 0.4) is 0 Å². The van der Waals surface area contributed by atoms with Gasteiger partial charge in [-0.25, -0.2) is 9.78 Å². The van der Waals surface area contributed by atoms with Crippen molar-refractivity contribution in [1.82, 2.24) is 25.4 Å². The number of aromatic nitrogens is 3. The van der Waals surface area contributed by atoms with Gasteiger partial charge in [0.25, 0.3) is 0 Å². The van der Waals surface area contributed by atoms with Gasteiger partial charge in [0.1, 0.15) is 11.4 Å². The van der Waals surface area contributed by atoms with Crippen molar-refractivity contribution in [2.75, 3.05) is 13.1 Å². The highest BCUT2D eigenvalue weighted by atomic mass is 19.4. The van der Waals surface area contributed by atoms with Crippen molar-refractivity contribution in [3.8, 4) is 0 Å². The maximum Gasteiger partial charge on any atom is 0.411 e. The molecule has 1 atom stereocenters. The maximum atomic E-state index is 13.5. The first kappa shape index (κ1) is 17.0.